The zero-order chi connectivity index (χ0) is 23.4. The van der Waals surface area contributed by atoms with Crippen LogP contribution in [0.4, 0.5) is 0 Å². The van der Waals surface area contributed by atoms with Crippen LogP contribution >= 0.6 is 0 Å². The first-order chi connectivity index (χ1) is 16.0. The number of ether oxygens (including phenoxy) is 2. The van der Waals surface area contributed by atoms with Gasteiger partial charge in [-0.3, -0.25) is 19.3 Å². The molecule has 33 heavy (non-hydrogen) atoms. The van der Waals surface area contributed by atoms with Gasteiger partial charge >= 0.3 is 0 Å². The van der Waals surface area contributed by atoms with Crippen LogP contribution in [0.25, 0.3) is 0 Å². The lowest BCUT2D eigenvalue weighted by atomic mass is 10.1. The number of imide groups is 1. The van der Waals surface area contributed by atoms with Gasteiger partial charge in [-0.1, -0.05) is 24.3 Å². The average molecular weight is 445 g/mol. The van der Waals surface area contributed by atoms with Gasteiger partial charge in [0.25, 0.3) is 17.7 Å². The van der Waals surface area contributed by atoms with Crippen LogP contribution in [0.5, 0.6) is 11.6 Å². The van der Waals surface area contributed by atoms with E-state index in [1.165, 1.54) is 12.0 Å². The fourth-order valence-electron chi connectivity index (χ4n) is 3.71. The Morgan fingerprint density at radius 2 is 1.76 bits per heavy atom. The van der Waals surface area contributed by atoms with Crippen molar-refractivity contribution in [2.75, 3.05) is 13.7 Å². The van der Waals surface area contributed by atoms with E-state index in [0.29, 0.717) is 40.5 Å². The summed E-state index contributed by atoms with van der Waals surface area (Å²) in [7, 11) is 1.52. The molecule has 1 N–H and O–H groups in total. The highest BCUT2D eigenvalue weighted by Gasteiger charge is 2.35. The Hall–Kier alpha value is -4.20. The molecule has 168 valence electrons. The highest BCUT2D eigenvalue weighted by Crippen LogP contribution is 2.27. The van der Waals surface area contributed by atoms with Gasteiger partial charge in [0.1, 0.15) is 5.75 Å². The molecule has 1 aromatic heterocycles. The summed E-state index contributed by atoms with van der Waals surface area (Å²) in [6, 6.07) is 15.4. The van der Waals surface area contributed by atoms with Crippen molar-refractivity contribution in [1.82, 2.24) is 15.2 Å². The fraction of sp³-hybridized carbons (Fsp3) is 0.200. The number of hydrogen-bond acceptors (Lipinski definition) is 6. The minimum Gasteiger partial charge on any atom is -0.493 e. The number of methoxy groups -OCH3 is 1. The van der Waals surface area contributed by atoms with Gasteiger partial charge in [0, 0.05) is 18.3 Å². The lowest BCUT2D eigenvalue weighted by molar-refractivity contribution is 0.0642. The fourth-order valence-corrected chi connectivity index (χ4v) is 3.71. The molecule has 0 atom stereocenters. The van der Waals surface area contributed by atoms with Gasteiger partial charge in [-0.15, -0.1) is 0 Å². The summed E-state index contributed by atoms with van der Waals surface area (Å²) in [5.41, 5.74) is 2.45. The summed E-state index contributed by atoms with van der Waals surface area (Å²) < 4.78 is 10.9. The van der Waals surface area contributed by atoms with Crippen LogP contribution in [0.2, 0.25) is 0 Å². The number of carbonyl (C=O) groups excluding carboxylic acids is 3. The largest absolute Gasteiger partial charge is 0.493 e. The molecule has 2 aromatic carbocycles. The minimum atomic E-state index is -0.353. The van der Waals surface area contributed by atoms with Gasteiger partial charge in [-0.25, -0.2) is 4.98 Å². The van der Waals surface area contributed by atoms with E-state index >= 15 is 0 Å². The van der Waals surface area contributed by atoms with Crippen molar-refractivity contribution in [3.63, 3.8) is 0 Å². The topological polar surface area (TPSA) is 97.8 Å². The Kier molecular flexibility index (Phi) is 6.35. The molecule has 0 aliphatic carbocycles. The highest BCUT2D eigenvalue weighted by molar-refractivity contribution is 6.21. The second-order valence-corrected chi connectivity index (χ2v) is 7.36. The molecular formula is C25H23N3O5. The van der Waals surface area contributed by atoms with Crippen molar-refractivity contribution < 1.29 is 23.9 Å². The molecule has 0 fully saturated rings. The second kappa shape index (κ2) is 9.52. The molecule has 8 heteroatoms. The normalized spacial score (nSPS) is 12.5. The third kappa shape index (κ3) is 4.41. The Morgan fingerprint density at radius 3 is 2.42 bits per heavy atom. The first kappa shape index (κ1) is 22.0. The van der Waals surface area contributed by atoms with Gasteiger partial charge in [-0.2, -0.15) is 0 Å². The van der Waals surface area contributed by atoms with Gasteiger partial charge in [0.2, 0.25) is 5.88 Å². The molecule has 0 saturated carbocycles. The lowest BCUT2D eigenvalue weighted by Crippen LogP contribution is -2.29. The third-order valence-electron chi connectivity index (χ3n) is 5.29. The van der Waals surface area contributed by atoms with Crippen molar-refractivity contribution in [1.29, 1.82) is 0 Å². The van der Waals surface area contributed by atoms with Crippen LogP contribution in [0, 0.1) is 0 Å². The van der Waals surface area contributed by atoms with Crippen LogP contribution < -0.4 is 14.8 Å². The number of rotatable bonds is 8. The van der Waals surface area contributed by atoms with Gasteiger partial charge in [0.15, 0.2) is 0 Å². The van der Waals surface area contributed by atoms with Crippen molar-refractivity contribution in [2.45, 2.75) is 20.0 Å². The number of aromatic nitrogens is 1. The highest BCUT2D eigenvalue weighted by atomic mass is 16.5. The van der Waals surface area contributed by atoms with Gasteiger partial charge < -0.3 is 14.8 Å². The van der Waals surface area contributed by atoms with E-state index in [1.807, 2.05) is 13.0 Å². The molecule has 3 amide bonds. The summed E-state index contributed by atoms with van der Waals surface area (Å²) in [5, 5.41) is 2.85. The number of fused-ring (bicyclic) bond motifs is 1. The molecule has 1 aliphatic heterocycles. The molecule has 2 heterocycles. The van der Waals surface area contributed by atoms with Crippen molar-refractivity contribution in [2.24, 2.45) is 0 Å². The number of benzene rings is 2. The number of pyridine rings is 1. The molecule has 0 bridgehead atoms. The van der Waals surface area contributed by atoms with E-state index in [9.17, 15) is 14.4 Å². The first-order valence-electron chi connectivity index (χ1n) is 10.5. The maximum absolute atomic E-state index is 13.0. The molecule has 1 aliphatic rings. The maximum Gasteiger partial charge on any atom is 0.261 e. The van der Waals surface area contributed by atoms with Crippen molar-refractivity contribution >= 4 is 17.7 Å². The van der Waals surface area contributed by atoms with Crippen molar-refractivity contribution in [3.8, 4) is 11.6 Å². The molecule has 0 radical (unpaired) electrons. The van der Waals surface area contributed by atoms with E-state index in [1.54, 1.807) is 54.7 Å². The predicted octanol–water partition coefficient (Wildman–Crippen LogP) is 3.22. The van der Waals surface area contributed by atoms with E-state index in [4.69, 9.17) is 9.47 Å². The molecular weight excluding hydrogens is 422 g/mol. The monoisotopic (exact) mass is 445 g/mol. The SMILES string of the molecule is CCOc1ccc(CN2C(=O)c3ccccc3C2=O)cc1C(=O)NCc1cccnc1OC. The summed E-state index contributed by atoms with van der Waals surface area (Å²) in [4.78, 5) is 43.7. The summed E-state index contributed by atoms with van der Waals surface area (Å²) in [6.07, 6.45) is 1.61. The standard InChI is InChI=1S/C25H23N3O5/c1-3-33-21-11-10-16(15-28-24(30)18-8-4-5-9-19(18)25(28)31)13-20(21)22(29)27-14-17-7-6-12-26-23(17)32-2/h4-13H,3,14-15H2,1-2H3,(H,27,29). The predicted molar refractivity (Wildman–Crippen MR) is 120 cm³/mol. The van der Waals surface area contributed by atoms with Crippen LogP contribution in [-0.2, 0) is 13.1 Å². The zero-order valence-electron chi connectivity index (χ0n) is 18.3. The van der Waals surface area contributed by atoms with Crippen molar-refractivity contribution in [3.05, 3.63) is 88.6 Å². The minimum absolute atomic E-state index is 0.0511. The van der Waals surface area contributed by atoms with Gasteiger partial charge in [-0.05, 0) is 42.8 Å². The summed E-state index contributed by atoms with van der Waals surface area (Å²) in [6.45, 7) is 2.48. The number of amides is 3. The summed E-state index contributed by atoms with van der Waals surface area (Å²) >= 11 is 0. The van der Waals surface area contributed by atoms with E-state index in [0.717, 1.165) is 5.56 Å². The maximum atomic E-state index is 13.0. The second-order valence-electron chi connectivity index (χ2n) is 7.36. The van der Waals surface area contributed by atoms with Crippen LogP contribution in [0.15, 0.2) is 60.8 Å². The van der Waals surface area contributed by atoms with Gasteiger partial charge in [0.05, 0.1) is 37.0 Å². The molecule has 0 spiro atoms. The average Bonchev–Trinajstić information content (AvgIpc) is 3.08. The molecule has 4 rings (SSSR count). The molecule has 3 aromatic rings. The van der Waals surface area contributed by atoms with Crippen LogP contribution in [0.1, 0.15) is 49.1 Å². The Morgan fingerprint density at radius 1 is 1.03 bits per heavy atom. The number of hydrogen-bond donors (Lipinski definition) is 1. The molecule has 0 unspecified atom stereocenters. The van der Waals surface area contributed by atoms with E-state index in [-0.39, 0.29) is 30.8 Å². The Balaban J connectivity index is 1.55. The Labute approximate surface area is 191 Å². The number of nitrogens with zero attached hydrogens (tertiary/aromatic N) is 2. The number of carbonyl (C=O) groups is 3. The molecule has 8 nitrogen and oxygen atoms in total. The third-order valence-corrected chi connectivity index (χ3v) is 5.29. The summed E-state index contributed by atoms with van der Waals surface area (Å²) in [5.74, 6) is -0.201. The van der Waals surface area contributed by atoms with E-state index < -0.39 is 0 Å². The quantitative estimate of drug-likeness (QED) is 0.535. The van der Waals surface area contributed by atoms with Crippen LogP contribution in [0.3, 0.4) is 0 Å². The van der Waals surface area contributed by atoms with Crippen LogP contribution in [-0.4, -0.2) is 41.3 Å². The molecule has 0 saturated heterocycles. The zero-order valence-corrected chi connectivity index (χ0v) is 18.3. The van der Waals surface area contributed by atoms with E-state index in [2.05, 4.69) is 10.3 Å². The smallest absolute Gasteiger partial charge is 0.261 e. The number of nitrogens with one attached hydrogen (secondary N) is 1. The first-order valence-corrected chi connectivity index (χ1v) is 10.5. The Bertz CT molecular complexity index is 1190. The lowest BCUT2D eigenvalue weighted by Gasteiger charge is -2.17.